The SMILES string of the molecule is CCCCCc1cccc(CCCCC)c1[O][AlH][O]c1c(CCCCC)cccc1CCCCC. The van der Waals surface area contributed by atoms with Crippen molar-refractivity contribution < 1.29 is 7.58 Å². The summed E-state index contributed by atoms with van der Waals surface area (Å²) in [7, 11) is 0. The highest BCUT2D eigenvalue weighted by molar-refractivity contribution is 6.21. The quantitative estimate of drug-likeness (QED) is 0.135. The maximum absolute atomic E-state index is 6.61. The van der Waals surface area contributed by atoms with Crippen molar-refractivity contribution in [3.63, 3.8) is 0 Å². The van der Waals surface area contributed by atoms with E-state index in [4.69, 9.17) is 7.58 Å². The van der Waals surface area contributed by atoms with Gasteiger partial charge in [0, 0.05) is 0 Å². The zero-order chi connectivity index (χ0) is 25.1. The van der Waals surface area contributed by atoms with Crippen LogP contribution in [0.5, 0.6) is 11.5 Å². The van der Waals surface area contributed by atoms with Crippen LogP contribution in [0.15, 0.2) is 36.4 Å². The number of aryl methyl sites for hydroxylation is 4. The van der Waals surface area contributed by atoms with Gasteiger partial charge in [-0.2, -0.15) is 0 Å². The van der Waals surface area contributed by atoms with Crippen molar-refractivity contribution in [2.45, 2.75) is 130 Å². The van der Waals surface area contributed by atoms with Crippen LogP contribution in [0.25, 0.3) is 0 Å². The van der Waals surface area contributed by atoms with Crippen molar-refractivity contribution in [1.82, 2.24) is 0 Å². The second kappa shape index (κ2) is 18.8. The molecule has 3 heteroatoms. The van der Waals surface area contributed by atoms with Crippen molar-refractivity contribution in [3.8, 4) is 11.5 Å². The van der Waals surface area contributed by atoms with Gasteiger partial charge in [0.1, 0.15) is 0 Å². The topological polar surface area (TPSA) is 18.5 Å². The van der Waals surface area contributed by atoms with Gasteiger partial charge in [0.15, 0.2) is 0 Å². The Bertz CT molecular complexity index is 693. The van der Waals surface area contributed by atoms with Crippen LogP contribution < -0.4 is 7.58 Å². The lowest BCUT2D eigenvalue weighted by atomic mass is 9.99. The van der Waals surface area contributed by atoms with Crippen LogP contribution in [0.1, 0.15) is 127 Å². The summed E-state index contributed by atoms with van der Waals surface area (Å²) >= 11 is -1.18. The maximum atomic E-state index is 6.61. The zero-order valence-electron chi connectivity index (χ0n) is 23.3. The Morgan fingerprint density at radius 3 is 1.00 bits per heavy atom. The number of hydrogen-bond acceptors (Lipinski definition) is 2. The van der Waals surface area contributed by atoms with Crippen LogP contribution in [-0.4, -0.2) is 15.9 Å². The number of unbranched alkanes of at least 4 members (excludes halogenated alkanes) is 8. The fourth-order valence-corrected chi connectivity index (χ4v) is 5.88. The maximum Gasteiger partial charge on any atom is 0.832 e. The van der Waals surface area contributed by atoms with Gasteiger partial charge in [-0.1, -0.05) is 115 Å². The fraction of sp³-hybridized carbons (Fsp3) is 0.625. The number of para-hydroxylation sites is 2. The van der Waals surface area contributed by atoms with E-state index in [-0.39, 0.29) is 0 Å². The van der Waals surface area contributed by atoms with Crippen LogP contribution in [0.4, 0.5) is 0 Å². The van der Waals surface area contributed by atoms with E-state index < -0.39 is 15.9 Å². The summed E-state index contributed by atoms with van der Waals surface area (Å²) < 4.78 is 13.2. The van der Waals surface area contributed by atoms with Crippen molar-refractivity contribution >= 4 is 15.9 Å². The van der Waals surface area contributed by atoms with Gasteiger partial charge < -0.3 is 7.58 Å². The number of benzene rings is 2. The molecule has 194 valence electrons. The molecule has 0 unspecified atom stereocenters. The number of hydrogen-bond donors (Lipinski definition) is 0. The summed E-state index contributed by atoms with van der Waals surface area (Å²) in [5.74, 6) is 2.28. The molecule has 0 atom stereocenters. The molecule has 2 rings (SSSR count). The van der Waals surface area contributed by atoms with E-state index in [1.165, 1.54) is 99.3 Å². The monoisotopic (exact) mass is 494 g/mol. The Balaban J connectivity index is 2.18. The molecule has 0 fully saturated rings. The van der Waals surface area contributed by atoms with Crippen LogP contribution in [0, 0.1) is 0 Å². The van der Waals surface area contributed by atoms with Gasteiger partial charge in [-0.3, -0.25) is 0 Å². The fourth-order valence-electron chi connectivity index (χ4n) is 4.84. The Morgan fingerprint density at radius 1 is 0.457 bits per heavy atom. The van der Waals surface area contributed by atoms with E-state index in [1.807, 2.05) is 0 Å². The van der Waals surface area contributed by atoms with Crippen molar-refractivity contribution in [3.05, 3.63) is 58.7 Å². The molecule has 0 bridgehead atoms. The minimum Gasteiger partial charge on any atom is -0.614 e. The van der Waals surface area contributed by atoms with Gasteiger partial charge in [0.05, 0.1) is 11.5 Å². The molecule has 0 radical (unpaired) electrons. The van der Waals surface area contributed by atoms with E-state index in [0.29, 0.717) is 0 Å². The Kier molecular flexibility index (Phi) is 16.0. The lowest BCUT2D eigenvalue weighted by Gasteiger charge is -2.20. The van der Waals surface area contributed by atoms with E-state index in [1.54, 1.807) is 0 Å². The lowest BCUT2D eigenvalue weighted by molar-refractivity contribution is 0.443. The second-order valence-corrected chi connectivity index (χ2v) is 10.9. The van der Waals surface area contributed by atoms with Gasteiger partial charge >= 0.3 is 15.9 Å². The van der Waals surface area contributed by atoms with Crippen molar-refractivity contribution in [2.24, 2.45) is 0 Å². The van der Waals surface area contributed by atoms with Gasteiger partial charge in [0.25, 0.3) is 0 Å². The first kappa shape index (κ1) is 29.8. The third-order valence-electron chi connectivity index (χ3n) is 6.96. The molecule has 0 aliphatic heterocycles. The molecule has 0 N–H and O–H groups in total. The van der Waals surface area contributed by atoms with Crippen molar-refractivity contribution in [1.29, 1.82) is 0 Å². The third kappa shape index (κ3) is 11.0. The van der Waals surface area contributed by atoms with E-state index in [9.17, 15) is 0 Å². The molecular weight excluding hydrogens is 443 g/mol. The van der Waals surface area contributed by atoms with Crippen molar-refractivity contribution in [2.75, 3.05) is 0 Å². The average Bonchev–Trinajstić information content (AvgIpc) is 2.87. The van der Waals surface area contributed by atoms with Gasteiger partial charge in [-0.25, -0.2) is 0 Å². The normalized spacial score (nSPS) is 11.0. The molecule has 0 amide bonds. The third-order valence-corrected chi connectivity index (χ3v) is 7.77. The van der Waals surface area contributed by atoms with E-state index in [0.717, 1.165) is 37.2 Å². The highest BCUT2D eigenvalue weighted by atomic mass is 27.2. The van der Waals surface area contributed by atoms with E-state index in [2.05, 4.69) is 64.1 Å². The van der Waals surface area contributed by atoms with Crippen LogP contribution >= 0.6 is 0 Å². The zero-order valence-corrected chi connectivity index (χ0v) is 24.7. The number of rotatable bonds is 20. The molecule has 0 spiro atoms. The summed E-state index contributed by atoms with van der Waals surface area (Å²) in [5.41, 5.74) is 5.51. The molecule has 0 aliphatic carbocycles. The first-order valence-corrected chi connectivity index (χ1v) is 15.9. The lowest BCUT2D eigenvalue weighted by Crippen LogP contribution is -2.16. The van der Waals surface area contributed by atoms with Gasteiger partial charge in [0.2, 0.25) is 0 Å². The molecule has 2 aromatic rings. The summed E-state index contributed by atoms with van der Waals surface area (Å²) in [4.78, 5) is 0. The summed E-state index contributed by atoms with van der Waals surface area (Å²) in [6.07, 6.45) is 19.5. The first-order chi connectivity index (χ1) is 17.2. The average molecular weight is 495 g/mol. The molecule has 0 heterocycles. The highest BCUT2D eigenvalue weighted by Gasteiger charge is 2.16. The minimum absolute atomic E-state index is 1.11. The largest absolute Gasteiger partial charge is 0.832 e. The standard InChI is InChI=1S/2C16H26O.Al.H/c2*1-3-5-7-10-14-12-9-13-15(16(14)17)11-8-6-4-2;;/h2*9,12-13,17H,3-8,10-11H2,1-2H3;;/q;;+2;/p-2. The smallest absolute Gasteiger partial charge is 0.614 e. The molecule has 0 aliphatic rings. The molecule has 2 aromatic carbocycles. The Morgan fingerprint density at radius 2 is 0.743 bits per heavy atom. The van der Waals surface area contributed by atoms with Crippen LogP contribution in [0.2, 0.25) is 0 Å². The molecular formula is C32H51AlO2. The summed E-state index contributed by atoms with van der Waals surface area (Å²) in [6.45, 7) is 9.09. The Hall–Kier alpha value is -1.43. The Labute approximate surface area is 223 Å². The molecule has 35 heavy (non-hydrogen) atoms. The van der Waals surface area contributed by atoms with Gasteiger partial charge in [-0.15, -0.1) is 0 Å². The summed E-state index contributed by atoms with van der Waals surface area (Å²) in [5, 5.41) is 0. The van der Waals surface area contributed by atoms with E-state index >= 15 is 0 Å². The molecule has 0 saturated carbocycles. The highest BCUT2D eigenvalue weighted by Crippen LogP contribution is 2.30. The first-order valence-electron chi connectivity index (χ1n) is 14.7. The van der Waals surface area contributed by atoms with Crippen LogP contribution in [-0.2, 0) is 25.7 Å². The van der Waals surface area contributed by atoms with Gasteiger partial charge in [-0.05, 0) is 73.6 Å². The minimum atomic E-state index is -1.18. The molecule has 0 aromatic heterocycles. The predicted octanol–water partition coefficient (Wildman–Crippen LogP) is 9.34. The second-order valence-electron chi connectivity index (χ2n) is 10.0. The molecule has 0 saturated heterocycles. The predicted molar refractivity (Wildman–Crippen MR) is 154 cm³/mol. The summed E-state index contributed by atoms with van der Waals surface area (Å²) in [6, 6.07) is 13.6. The molecule has 2 nitrogen and oxygen atoms in total. The van der Waals surface area contributed by atoms with Crippen LogP contribution in [0.3, 0.4) is 0 Å².